The largest absolute Gasteiger partial charge is 0.481 e. The molecule has 16 nitrogen and oxygen atoms in total. The molecule has 1 heterocycles. The molecule has 44 heavy (non-hydrogen) atoms. The lowest BCUT2D eigenvalue weighted by atomic mass is 10.0. The molecule has 0 aromatic rings. The molecule has 0 aliphatic carbocycles. The second kappa shape index (κ2) is 18.8. The zero-order chi connectivity index (χ0) is 33.6. The Hall–Kier alpha value is -3.79. The van der Waals surface area contributed by atoms with E-state index in [9.17, 15) is 38.7 Å². The maximum Gasteiger partial charge on any atom is 0.326 e. The summed E-state index contributed by atoms with van der Waals surface area (Å²) in [5.74, 6) is -5.65. The minimum absolute atomic E-state index is 0.136. The number of carboxylic acid groups (broad SMARTS) is 2. The smallest absolute Gasteiger partial charge is 0.326 e. The van der Waals surface area contributed by atoms with E-state index in [4.69, 9.17) is 16.6 Å². The summed E-state index contributed by atoms with van der Waals surface area (Å²) in [7, 11) is 0. The first-order valence-electron chi connectivity index (χ1n) is 15.0. The molecule has 10 N–H and O–H groups in total. The summed E-state index contributed by atoms with van der Waals surface area (Å²) in [6.45, 7) is 7.27. The molecule has 1 rings (SSSR count). The third kappa shape index (κ3) is 12.8. The molecule has 1 aliphatic heterocycles. The summed E-state index contributed by atoms with van der Waals surface area (Å²) < 4.78 is 0. The van der Waals surface area contributed by atoms with Crippen molar-refractivity contribution in [3.05, 3.63) is 0 Å². The molecule has 0 aromatic heterocycles. The Morgan fingerprint density at radius 2 is 1.41 bits per heavy atom. The van der Waals surface area contributed by atoms with Gasteiger partial charge in [-0.3, -0.25) is 28.8 Å². The molecule has 6 atom stereocenters. The van der Waals surface area contributed by atoms with Crippen molar-refractivity contribution in [2.24, 2.45) is 17.4 Å². The summed E-state index contributed by atoms with van der Waals surface area (Å²) in [6.07, 6.45) is 1.79. The highest BCUT2D eigenvalue weighted by Crippen LogP contribution is 2.20. The number of carbonyl (C=O) groups is 7. The predicted octanol–water partition coefficient (Wildman–Crippen LogP) is -1.59. The van der Waals surface area contributed by atoms with E-state index in [0.717, 1.165) is 0 Å². The van der Waals surface area contributed by atoms with Crippen LogP contribution in [0.3, 0.4) is 0 Å². The fourth-order valence-electron chi connectivity index (χ4n) is 4.76. The Labute approximate surface area is 257 Å². The van der Waals surface area contributed by atoms with E-state index < -0.39 is 78.2 Å². The van der Waals surface area contributed by atoms with Gasteiger partial charge in [-0.1, -0.05) is 13.8 Å². The lowest BCUT2D eigenvalue weighted by molar-refractivity contribution is -0.142. The maximum atomic E-state index is 13.0. The molecule has 5 amide bonds. The number of amides is 5. The first-order valence-corrected chi connectivity index (χ1v) is 15.0. The molecule has 1 fully saturated rings. The lowest BCUT2D eigenvalue weighted by Crippen LogP contribution is -2.58. The van der Waals surface area contributed by atoms with E-state index in [-0.39, 0.29) is 24.7 Å². The van der Waals surface area contributed by atoms with E-state index in [2.05, 4.69) is 21.3 Å². The molecule has 6 unspecified atom stereocenters. The third-order valence-electron chi connectivity index (χ3n) is 7.23. The van der Waals surface area contributed by atoms with E-state index in [0.29, 0.717) is 45.2 Å². The van der Waals surface area contributed by atoms with Crippen molar-refractivity contribution in [1.29, 1.82) is 0 Å². The van der Waals surface area contributed by atoms with Crippen LogP contribution in [-0.4, -0.2) is 106 Å². The molecule has 16 heteroatoms. The predicted molar refractivity (Wildman–Crippen MR) is 159 cm³/mol. The minimum atomic E-state index is -1.38. The second-order valence-electron chi connectivity index (χ2n) is 11.6. The number of unbranched alkanes of at least 4 members (excludes halogenated alkanes) is 1. The number of hydrogen-bond acceptors (Lipinski definition) is 9. The molecule has 0 bridgehead atoms. The first kappa shape index (κ1) is 38.2. The average molecular weight is 628 g/mol. The second-order valence-corrected chi connectivity index (χ2v) is 11.6. The number of nitrogens with one attached hydrogen (secondary N) is 4. The highest BCUT2D eigenvalue weighted by molar-refractivity contribution is 5.96. The molecule has 0 radical (unpaired) electrons. The number of carboxylic acids is 2. The van der Waals surface area contributed by atoms with Crippen molar-refractivity contribution in [1.82, 2.24) is 26.2 Å². The zero-order valence-electron chi connectivity index (χ0n) is 26.0. The first-order chi connectivity index (χ1) is 20.6. The van der Waals surface area contributed by atoms with Crippen LogP contribution in [0.1, 0.15) is 79.1 Å². The van der Waals surface area contributed by atoms with E-state index in [1.165, 1.54) is 18.7 Å². The van der Waals surface area contributed by atoms with Crippen LogP contribution in [0, 0.1) is 5.92 Å². The molecule has 0 spiro atoms. The Morgan fingerprint density at radius 1 is 0.818 bits per heavy atom. The van der Waals surface area contributed by atoms with Gasteiger partial charge < -0.3 is 47.8 Å². The van der Waals surface area contributed by atoms with E-state index in [1.807, 2.05) is 13.8 Å². The Bertz CT molecular complexity index is 1040. The van der Waals surface area contributed by atoms with Crippen LogP contribution in [0.15, 0.2) is 0 Å². The van der Waals surface area contributed by atoms with Gasteiger partial charge in [0.15, 0.2) is 0 Å². The van der Waals surface area contributed by atoms with Crippen molar-refractivity contribution < 1.29 is 43.8 Å². The van der Waals surface area contributed by atoms with E-state index in [1.54, 1.807) is 0 Å². The van der Waals surface area contributed by atoms with Gasteiger partial charge in [0.25, 0.3) is 0 Å². The molecule has 1 saturated heterocycles. The quantitative estimate of drug-likeness (QED) is 0.0757. The van der Waals surface area contributed by atoms with Crippen molar-refractivity contribution in [3.8, 4) is 0 Å². The molecule has 1 aliphatic rings. The van der Waals surface area contributed by atoms with Gasteiger partial charge in [0.2, 0.25) is 29.5 Å². The Balaban J connectivity index is 2.85. The van der Waals surface area contributed by atoms with Crippen LogP contribution in [0.25, 0.3) is 0 Å². The number of rotatable bonds is 19. The minimum Gasteiger partial charge on any atom is -0.481 e. The zero-order valence-corrected chi connectivity index (χ0v) is 26.0. The van der Waals surface area contributed by atoms with Crippen LogP contribution < -0.4 is 32.7 Å². The highest BCUT2D eigenvalue weighted by atomic mass is 16.4. The normalized spacial score (nSPS) is 18.0. The summed E-state index contributed by atoms with van der Waals surface area (Å²) in [4.78, 5) is 88.5. The van der Waals surface area contributed by atoms with Gasteiger partial charge in [0, 0.05) is 13.0 Å². The molecular formula is C28H49N7O9. The topological polar surface area (TPSA) is 263 Å². The van der Waals surface area contributed by atoms with Crippen molar-refractivity contribution >= 4 is 41.5 Å². The van der Waals surface area contributed by atoms with Gasteiger partial charge >= 0.3 is 11.9 Å². The summed E-state index contributed by atoms with van der Waals surface area (Å²) in [6, 6.07) is -6.52. The maximum absolute atomic E-state index is 13.0. The fourth-order valence-corrected chi connectivity index (χ4v) is 4.76. The van der Waals surface area contributed by atoms with Crippen LogP contribution in [0.4, 0.5) is 0 Å². The van der Waals surface area contributed by atoms with Crippen LogP contribution in [0.5, 0.6) is 0 Å². The van der Waals surface area contributed by atoms with Crippen LogP contribution in [0.2, 0.25) is 0 Å². The number of nitrogens with two attached hydrogens (primary N) is 2. The average Bonchev–Trinajstić information content (AvgIpc) is 3.43. The molecule has 250 valence electrons. The van der Waals surface area contributed by atoms with Gasteiger partial charge in [0.1, 0.15) is 30.2 Å². The summed E-state index contributed by atoms with van der Waals surface area (Å²) in [5, 5.41) is 28.2. The van der Waals surface area contributed by atoms with Gasteiger partial charge in [0.05, 0.1) is 6.04 Å². The van der Waals surface area contributed by atoms with Crippen molar-refractivity contribution in [2.75, 3.05) is 13.1 Å². The SMILES string of the molecule is CC(C)CC(N)C(=O)N1CCCC1C(=O)NC(C)C(=O)NC(CCC(=O)O)C(=O)NC(C)C(=O)NC(CCCCN)C(=O)O. The molecule has 0 aromatic carbocycles. The number of hydrogen-bond donors (Lipinski definition) is 8. The monoisotopic (exact) mass is 627 g/mol. The summed E-state index contributed by atoms with van der Waals surface area (Å²) in [5.41, 5.74) is 11.5. The third-order valence-corrected chi connectivity index (χ3v) is 7.23. The number of likely N-dealkylation sites (tertiary alicyclic amines) is 1. The van der Waals surface area contributed by atoms with E-state index >= 15 is 0 Å². The number of aliphatic carboxylic acids is 2. The molecule has 0 saturated carbocycles. The van der Waals surface area contributed by atoms with Gasteiger partial charge in [-0.25, -0.2) is 4.79 Å². The standard InChI is InChI=1S/C28H49N7O9/c1-15(2)14-18(30)27(42)35-13-7-9-21(35)26(41)32-17(4)23(38)33-19(10-11-22(36)37)25(40)31-16(3)24(39)34-20(28(43)44)8-5-6-12-29/h15-21H,5-14,29-30H2,1-4H3,(H,31,40)(H,32,41)(H,33,38)(H,34,39)(H,36,37)(H,43,44). The van der Waals surface area contributed by atoms with Crippen LogP contribution in [-0.2, 0) is 33.6 Å². The van der Waals surface area contributed by atoms with Gasteiger partial charge in [-0.05, 0) is 71.3 Å². The highest BCUT2D eigenvalue weighted by Gasteiger charge is 2.37. The van der Waals surface area contributed by atoms with Crippen LogP contribution >= 0.6 is 0 Å². The Morgan fingerprint density at radius 3 is 1.95 bits per heavy atom. The number of nitrogens with zero attached hydrogens (tertiary/aromatic N) is 1. The summed E-state index contributed by atoms with van der Waals surface area (Å²) >= 11 is 0. The fraction of sp³-hybridized carbons (Fsp3) is 0.750. The molecular weight excluding hydrogens is 578 g/mol. The van der Waals surface area contributed by atoms with Crippen molar-refractivity contribution in [3.63, 3.8) is 0 Å². The van der Waals surface area contributed by atoms with Gasteiger partial charge in [-0.2, -0.15) is 0 Å². The van der Waals surface area contributed by atoms with Crippen molar-refractivity contribution in [2.45, 2.75) is 115 Å². The lowest BCUT2D eigenvalue weighted by Gasteiger charge is -2.28. The Kier molecular flexibility index (Phi) is 16.3. The number of carbonyl (C=O) groups excluding carboxylic acids is 5. The van der Waals surface area contributed by atoms with Gasteiger partial charge in [-0.15, -0.1) is 0 Å².